The van der Waals surface area contributed by atoms with Crippen LogP contribution in [0.4, 0.5) is 0 Å². The molecule has 0 bridgehead atoms. The zero-order valence-electron chi connectivity index (χ0n) is 9.35. The van der Waals surface area contributed by atoms with Crippen LogP contribution in [0.2, 0.25) is 0 Å². The predicted octanol–water partition coefficient (Wildman–Crippen LogP) is 1.11. The summed E-state index contributed by atoms with van der Waals surface area (Å²) in [5.41, 5.74) is 1.06. The van der Waals surface area contributed by atoms with Crippen molar-refractivity contribution in [3.05, 3.63) is 23.8 Å². The van der Waals surface area contributed by atoms with Crippen LogP contribution in [0.1, 0.15) is 37.3 Å². The van der Waals surface area contributed by atoms with Gasteiger partial charge in [0, 0.05) is 11.9 Å². The van der Waals surface area contributed by atoms with E-state index in [0.29, 0.717) is 11.8 Å². The van der Waals surface area contributed by atoms with E-state index < -0.39 is 0 Å². The quantitative estimate of drug-likeness (QED) is 0.818. The fourth-order valence-electron chi connectivity index (χ4n) is 2.18. The highest BCUT2D eigenvalue weighted by atomic mass is 15.3. The minimum atomic E-state index is 0.337. The molecule has 84 valence electrons. The maximum Gasteiger partial charge on any atom is 0.255 e. The Bertz CT molecular complexity index is 498. The van der Waals surface area contributed by atoms with E-state index >= 15 is 0 Å². The molecule has 1 atom stereocenters. The molecule has 2 aromatic heterocycles. The average molecular weight is 217 g/mol. The number of nitrogens with one attached hydrogen (secondary N) is 1. The van der Waals surface area contributed by atoms with Crippen LogP contribution in [0.15, 0.2) is 12.3 Å². The second-order valence-corrected chi connectivity index (χ2v) is 4.15. The molecule has 0 aromatic carbocycles. The van der Waals surface area contributed by atoms with E-state index in [1.807, 2.05) is 16.7 Å². The SMILES string of the molecule is CCc1ccn2c([C@@H]3CCCN3)nnc2n1. The summed E-state index contributed by atoms with van der Waals surface area (Å²) in [6.45, 7) is 3.16. The van der Waals surface area contributed by atoms with Crippen LogP contribution in [-0.2, 0) is 6.42 Å². The third-order valence-electron chi connectivity index (χ3n) is 3.10. The minimum absolute atomic E-state index is 0.337. The monoisotopic (exact) mass is 217 g/mol. The van der Waals surface area contributed by atoms with Gasteiger partial charge in [-0.05, 0) is 31.9 Å². The maximum absolute atomic E-state index is 4.45. The van der Waals surface area contributed by atoms with Crippen molar-refractivity contribution >= 4 is 5.78 Å². The summed E-state index contributed by atoms with van der Waals surface area (Å²) >= 11 is 0. The lowest BCUT2D eigenvalue weighted by Gasteiger charge is -2.07. The van der Waals surface area contributed by atoms with Crippen molar-refractivity contribution in [2.75, 3.05) is 6.54 Å². The molecule has 0 spiro atoms. The smallest absolute Gasteiger partial charge is 0.255 e. The fraction of sp³-hybridized carbons (Fsp3) is 0.545. The lowest BCUT2D eigenvalue weighted by Crippen LogP contribution is -2.15. The van der Waals surface area contributed by atoms with Crippen molar-refractivity contribution in [1.82, 2.24) is 24.9 Å². The van der Waals surface area contributed by atoms with E-state index in [2.05, 4.69) is 27.4 Å². The Kier molecular flexibility index (Phi) is 2.32. The molecule has 3 rings (SSSR count). The minimum Gasteiger partial charge on any atom is -0.307 e. The van der Waals surface area contributed by atoms with E-state index in [1.165, 1.54) is 6.42 Å². The third-order valence-corrected chi connectivity index (χ3v) is 3.10. The normalized spacial score (nSPS) is 20.7. The molecule has 0 aliphatic carbocycles. The van der Waals surface area contributed by atoms with Crippen LogP contribution in [0.3, 0.4) is 0 Å². The number of aromatic nitrogens is 4. The van der Waals surface area contributed by atoms with Crippen LogP contribution < -0.4 is 5.32 Å². The van der Waals surface area contributed by atoms with E-state index in [-0.39, 0.29) is 0 Å². The van der Waals surface area contributed by atoms with E-state index in [0.717, 1.165) is 30.9 Å². The van der Waals surface area contributed by atoms with E-state index in [1.54, 1.807) is 0 Å². The van der Waals surface area contributed by atoms with Crippen LogP contribution in [0, 0.1) is 0 Å². The summed E-state index contributed by atoms with van der Waals surface area (Å²) < 4.78 is 1.99. The molecule has 5 heteroatoms. The van der Waals surface area contributed by atoms with Crippen LogP contribution in [0.5, 0.6) is 0 Å². The first-order valence-electron chi connectivity index (χ1n) is 5.82. The summed E-state index contributed by atoms with van der Waals surface area (Å²) in [6, 6.07) is 2.37. The van der Waals surface area contributed by atoms with Gasteiger partial charge in [0.1, 0.15) is 0 Å². The van der Waals surface area contributed by atoms with Gasteiger partial charge < -0.3 is 5.32 Å². The van der Waals surface area contributed by atoms with Gasteiger partial charge in [-0.1, -0.05) is 6.92 Å². The number of fused-ring (bicyclic) bond motifs is 1. The number of hydrogen-bond donors (Lipinski definition) is 1. The molecule has 2 aromatic rings. The van der Waals surface area contributed by atoms with Gasteiger partial charge in [0.25, 0.3) is 5.78 Å². The molecule has 1 saturated heterocycles. The Morgan fingerprint density at radius 3 is 3.19 bits per heavy atom. The van der Waals surface area contributed by atoms with Crippen molar-refractivity contribution in [3.8, 4) is 0 Å². The zero-order chi connectivity index (χ0) is 11.0. The fourth-order valence-corrected chi connectivity index (χ4v) is 2.18. The predicted molar refractivity (Wildman–Crippen MR) is 60.1 cm³/mol. The Morgan fingerprint density at radius 2 is 2.44 bits per heavy atom. The summed E-state index contributed by atoms with van der Waals surface area (Å²) in [5.74, 6) is 1.70. The van der Waals surface area contributed by atoms with Gasteiger partial charge in [-0.3, -0.25) is 4.40 Å². The Hall–Kier alpha value is -1.49. The summed E-state index contributed by atoms with van der Waals surface area (Å²) in [7, 11) is 0. The third kappa shape index (κ3) is 1.48. The second kappa shape index (κ2) is 3.83. The van der Waals surface area contributed by atoms with Gasteiger partial charge in [0.05, 0.1) is 6.04 Å². The number of hydrogen-bond acceptors (Lipinski definition) is 4. The summed E-state index contributed by atoms with van der Waals surface area (Å²) in [6.07, 6.45) is 5.30. The van der Waals surface area contributed by atoms with Crippen molar-refractivity contribution in [3.63, 3.8) is 0 Å². The molecule has 0 saturated carbocycles. The lowest BCUT2D eigenvalue weighted by molar-refractivity contribution is 0.597. The van der Waals surface area contributed by atoms with Gasteiger partial charge in [-0.25, -0.2) is 4.98 Å². The largest absolute Gasteiger partial charge is 0.307 e. The van der Waals surface area contributed by atoms with Gasteiger partial charge in [0.15, 0.2) is 5.82 Å². The van der Waals surface area contributed by atoms with Crippen LogP contribution in [0.25, 0.3) is 5.78 Å². The summed E-state index contributed by atoms with van der Waals surface area (Å²) in [5, 5.41) is 11.8. The standard InChI is InChI=1S/C11H15N5/c1-2-8-5-7-16-10(9-4-3-6-12-9)14-15-11(16)13-8/h5,7,9,12H,2-4,6H2,1H3/t9-/m0/s1. The Morgan fingerprint density at radius 1 is 1.50 bits per heavy atom. The molecule has 1 N–H and O–H groups in total. The molecule has 0 unspecified atom stereocenters. The van der Waals surface area contributed by atoms with Crippen molar-refractivity contribution < 1.29 is 0 Å². The molecule has 0 amide bonds. The van der Waals surface area contributed by atoms with Gasteiger partial charge in [0.2, 0.25) is 0 Å². The first kappa shape index (κ1) is 9.72. The van der Waals surface area contributed by atoms with Gasteiger partial charge in [-0.15, -0.1) is 10.2 Å². The first-order valence-corrected chi connectivity index (χ1v) is 5.82. The highest BCUT2D eigenvalue weighted by Crippen LogP contribution is 2.21. The number of nitrogens with zero attached hydrogens (tertiary/aromatic N) is 4. The highest BCUT2D eigenvalue weighted by Gasteiger charge is 2.21. The molecule has 0 radical (unpaired) electrons. The molecular formula is C11H15N5. The van der Waals surface area contributed by atoms with Gasteiger partial charge >= 0.3 is 0 Å². The molecule has 1 aliphatic rings. The molecular weight excluding hydrogens is 202 g/mol. The molecule has 5 nitrogen and oxygen atoms in total. The van der Waals surface area contributed by atoms with Crippen molar-refractivity contribution in [2.24, 2.45) is 0 Å². The summed E-state index contributed by atoms with van der Waals surface area (Å²) in [4.78, 5) is 4.45. The number of rotatable bonds is 2. The topological polar surface area (TPSA) is 55.1 Å². The average Bonchev–Trinajstić information content (AvgIpc) is 2.96. The van der Waals surface area contributed by atoms with Crippen molar-refractivity contribution in [1.29, 1.82) is 0 Å². The number of aryl methyl sites for hydroxylation is 1. The molecule has 1 aliphatic heterocycles. The Balaban J connectivity index is 2.06. The lowest BCUT2D eigenvalue weighted by atomic mass is 10.2. The van der Waals surface area contributed by atoms with Gasteiger partial charge in [-0.2, -0.15) is 0 Å². The maximum atomic E-state index is 4.45. The molecule has 1 fully saturated rings. The van der Waals surface area contributed by atoms with Crippen LogP contribution >= 0.6 is 0 Å². The van der Waals surface area contributed by atoms with Crippen molar-refractivity contribution in [2.45, 2.75) is 32.2 Å². The van der Waals surface area contributed by atoms with E-state index in [4.69, 9.17) is 0 Å². The molecule has 16 heavy (non-hydrogen) atoms. The second-order valence-electron chi connectivity index (χ2n) is 4.15. The van der Waals surface area contributed by atoms with Crippen LogP contribution in [-0.4, -0.2) is 26.1 Å². The Labute approximate surface area is 93.9 Å². The molecule has 3 heterocycles. The van der Waals surface area contributed by atoms with E-state index in [9.17, 15) is 0 Å². The first-order chi connectivity index (χ1) is 7.88. The zero-order valence-corrected chi connectivity index (χ0v) is 9.35. The highest BCUT2D eigenvalue weighted by molar-refractivity contribution is 5.30.